The molecule has 1 aromatic rings. The summed E-state index contributed by atoms with van der Waals surface area (Å²) in [4.78, 5) is 29.6. The van der Waals surface area contributed by atoms with Gasteiger partial charge in [0.05, 0.1) is 5.92 Å². The number of likely N-dealkylation sites (tertiary alicyclic amines) is 2. The number of hydrogen-bond acceptors (Lipinski definition) is 4. The highest BCUT2D eigenvalue weighted by Crippen LogP contribution is 2.44. The Morgan fingerprint density at radius 3 is 2.62 bits per heavy atom. The number of benzene rings is 1. The predicted molar refractivity (Wildman–Crippen MR) is 111 cm³/mol. The molecule has 6 heteroatoms. The van der Waals surface area contributed by atoms with E-state index in [1.807, 2.05) is 35.2 Å². The molecule has 0 aromatic heterocycles. The van der Waals surface area contributed by atoms with E-state index in [4.69, 9.17) is 4.74 Å². The van der Waals surface area contributed by atoms with E-state index in [-0.39, 0.29) is 29.9 Å². The Bertz CT molecular complexity index is 728. The maximum absolute atomic E-state index is 12.6. The van der Waals surface area contributed by atoms with Crippen molar-refractivity contribution in [2.24, 2.45) is 17.8 Å². The average Bonchev–Trinajstić information content (AvgIpc) is 3.26. The van der Waals surface area contributed by atoms with Gasteiger partial charge < -0.3 is 19.9 Å². The minimum Gasteiger partial charge on any atom is -0.484 e. The standard InChI is InChI=1S/C23H33N3O3/c1-17(2)8-11-25-14-19-20(15-25)23(24-22(19)28)9-12-26(13-10-23)21(27)16-29-18-6-4-3-5-7-18/h3-7,17,19-20H,8-16H2,1-2H3,(H,24,28)/t19-,20+/m1/s1. The van der Waals surface area contributed by atoms with E-state index in [1.54, 1.807) is 0 Å². The number of ether oxygens (including phenoxy) is 1. The number of carbonyl (C=O) groups is 2. The molecule has 3 aliphatic rings. The van der Waals surface area contributed by atoms with Gasteiger partial charge in [0.1, 0.15) is 5.75 Å². The Morgan fingerprint density at radius 2 is 1.93 bits per heavy atom. The van der Waals surface area contributed by atoms with Crippen molar-refractivity contribution < 1.29 is 14.3 Å². The largest absolute Gasteiger partial charge is 0.484 e. The van der Waals surface area contributed by atoms with Gasteiger partial charge in [-0.1, -0.05) is 32.0 Å². The van der Waals surface area contributed by atoms with E-state index in [2.05, 4.69) is 24.1 Å². The number of piperidine rings is 1. The summed E-state index contributed by atoms with van der Waals surface area (Å²) < 4.78 is 5.62. The first-order chi connectivity index (χ1) is 14.0. The lowest BCUT2D eigenvalue weighted by Gasteiger charge is -2.42. The quantitative estimate of drug-likeness (QED) is 0.796. The smallest absolute Gasteiger partial charge is 0.260 e. The SMILES string of the molecule is CC(C)CCN1C[C@H]2C(=O)NC3(CCN(C(=O)COc4ccccc4)CC3)[C@H]2C1. The third kappa shape index (κ3) is 4.27. The van der Waals surface area contributed by atoms with Gasteiger partial charge in [-0.2, -0.15) is 0 Å². The highest BCUT2D eigenvalue weighted by Gasteiger charge is 2.57. The number of amides is 2. The van der Waals surface area contributed by atoms with Crippen LogP contribution in [-0.2, 0) is 9.59 Å². The Kier molecular flexibility index (Phi) is 5.81. The van der Waals surface area contributed by atoms with Crippen molar-refractivity contribution in [2.75, 3.05) is 39.3 Å². The molecule has 29 heavy (non-hydrogen) atoms. The van der Waals surface area contributed by atoms with E-state index in [1.165, 1.54) is 6.42 Å². The second-order valence-corrected chi connectivity index (χ2v) is 9.28. The van der Waals surface area contributed by atoms with Crippen LogP contribution in [0.15, 0.2) is 30.3 Å². The molecule has 3 fully saturated rings. The van der Waals surface area contributed by atoms with Gasteiger partial charge in [-0.25, -0.2) is 0 Å². The number of carbonyl (C=O) groups excluding carboxylic acids is 2. The average molecular weight is 400 g/mol. The van der Waals surface area contributed by atoms with Gasteiger partial charge in [-0.15, -0.1) is 0 Å². The number of nitrogens with zero attached hydrogens (tertiary/aromatic N) is 2. The van der Waals surface area contributed by atoms with E-state index < -0.39 is 0 Å². The number of nitrogens with one attached hydrogen (secondary N) is 1. The van der Waals surface area contributed by atoms with Crippen LogP contribution in [0.3, 0.4) is 0 Å². The molecular weight excluding hydrogens is 366 g/mol. The molecule has 1 aromatic carbocycles. The fraction of sp³-hybridized carbons (Fsp3) is 0.652. The molecule has 2 amide bonds. The van der Waals surface area contributed by atoms with E-state index in [0.29, 0.717) is 30.7 Å². The van der Waals surface area contributed by atoms with Crippen molar-refractivity contribution in [1.82, 2.24) is 15.1 Å². The summed E-state index contributed by atoms with van der Waals surface area (Å²) in [6.45, 7) is 8.91. The zero-order chi connectivity index (χ0) is 20.4. The summed E-state index contributed by atoms with van der Waals surface area (Å²) in [6.07, 6.45) is 2.86. The zero-order valence-corrected chi connectivity index (χ0v) is 17.6. The molecule has 0 radical (unpaired) electrons. The molecule has 0 unspecified atom stereocenters. The van der Waals surface area contributed by atoms with Gasteiger partial charge in [0.2, 0.25) is 5.91 Å². The van der Waals surface area contributed by atoms with E-state index in [9.17, 15) is 9.59 Å². The highest BCUT2D eigenvalue weighted by molar-refractivity contribution is 5.84. The van der Waals surface area contributed by atoms with Crippen LogP contribution in [0.1, 0.15) is 33.1 Å². The lowest BCUT2D eigenvalue weighted by atomic mass is 9.75. The molecule has 6 nitrogen and oxygen atoms in total. The van der Waals surface area contributed by atoms with Crippen molar-refractivity contribution >= 4 is 11.8 Å². The topological polar surface area (TPSA) is 61.9 Å². The molecule has 3 heterocycles. The van der Waals surface area contributed by atoms with Gasteiger partial charge in [0.15, 0.2) is 6.61 Å². The second-order valence-electron chi connectivity index (χ2n) is 9.28. The van der Waals surface area contributed by atoms with Crippen LogP contribution in [0.5, 0.6) is 5.75 Å². The fourth-order valence-corrected chi connectivity index (χ4v) is 5.17. The third-order valence-electron chi connectivity index (χ3n) is 6.95. The Labute approximate surface area is 173 Å². The Balaban J connectivity index is 1.31. The molecular formula is C23H33N3O3. The third-order valence-corrected chi connectivity index (χ3v) is 6.95. The Hall–Kier alpha value is -2.08. The summed E-state index contributed by atoms with van der Waals surface area (Å²) in [5.74, 6) is 2.13. The summed E-state index contributed by atoms with van der Waals surface area (Å²) in [5, 5.41) is 3.34. The molecule has 0 aliphatic carbocycles. The molecule has 1 N–H and O–H groups in total. The maximum Gasteiger partial charge on any atom is 0.260 e. The van der Waals surface area contributed by atoms with Crippen molar-refractivity contribution in [3.8, 4) is 5.75 Å². The van der Waals surface area contributed by atoms with Gasteiger partial charge >= 0.3 is 0 Å². The van der Waals surface area contributed by atoms with Gasteiger partial charge in [0.25, 0.3) is 5.91 Å². The lowest BCUT2D eigenvalue weighted by molar-refractivity contribution is -0.135. The first kappa shape index (κ1) is 20.2. The monoisotopic (exact) mass is 399 g/mol. The van der Waals surface area contributed by atoms with Crippen LogP contribution >= 0.6 is 0 Å². The van der Waals surface area contributed by atoms with Crippen molar-refractivity contribution in [3.05, 3.63) is 30.3 Å². The molecule has 3 saturated heterocycles. The van der Waals surface area contributed by atoms with Crippen LogP contribution < -0.4 is 10.1 Å². The van der Waals surface area contributed by atoms with Crippen LogP contribution in [0.4, 0.5) is 0 Å². The van der Waals surface area contributed by atoms with Gasteiger partial charge in [0, 0.05) is 37.6 Å². The molecule has 1 spiro atoms. The number of fused-ring (bicyclic) bond motifs is 2. The minimum absolute atomic E-state index is 0.0227. The summed E-state index contributed by atoms with van der Waals surface area (Å²) in [7, 11) is 0. The lowest BCUT2D eigenvalue weighted by Crippen LogP contribution is -2.56. The molecule has 158 valence electrons. The number of para-hydroxylation sites is 1. The highest BCUT2D eigenvalue weighted by atomic mass is 16.5. The van der Waals surface area contributed by atoms with Crippen LogP contribution in [0, 0.1) is 17.8 Å². The first-order valence-electron chi connectivity index (χ1n) is 11.0. The predicted octanol–water partition coefficient (Wildman–Crippen LogP) is 2.15. The van der Waals surface area contributed by atoms with Crippen molar-refractivity contribution in [3.63, 3.8) is 0 Å². The van der Waals surface area contributed by atoms with Gasteiger partial charge in [-0.05, 0) is 43.9 Å². The number of rotatable bonds is 6. The summed E-state index contributed by atoms with van der Waals surface area (Å²) >= 11 is 0. The van der Waals surface area contributed by atoms with Crippen LogP contribution in [-0.4, -0.2) is 66.5 Å². The minimum atomic E-state index is -0.134. The zero-order valence-electron chi connectivity index (χ0n) is 17.6. The summed E-state index contributed by atoms with van der Waals surface area (Å²) in [5.41, 5.74) is -0.134. The second kappa shape index (κ2) is 8.34. The first-order valence-corrected chi connectivity index (χ1v) is 11.0. The molecule has 0 bridgehead atoms. The van der Waals surface area contributed by atoms with Crippen LogP contribution in [0.2, 0.25) is 0 Å². The van der Waals surface area contributed by atoms with Crippen molar-refractivity contribution in [2.45, 2.75) is 38.6 Å². The van der Waals surface area contributed by atoms with Crippen molar-refractivity contribution in [1.29, 1.82) is 0 Å². The van der Waals surface area contributed by atoms with E-state index >= 15 is 0 Å². The normalized spacial score (nSPS) is 26.0. The fourth-order valence-electron chi connectivity index (χ4n) is 5.17. The number of hydrogen-bond donors (Lipinski definition) is 1. The molecule has 2 atom stereocenters. The maximum atomic E-state index is 12.6. The van der Waals surface area contributed by atoms with E-state index in [0.717, 1.165) is 32.5 Å². The summed E-state index contributed by atoms with van der Waals surface area (Å²) in [6, 6.07) is 9.44. The Morgan fingerprint density at radius 1 is 1.21 bits per heavy atom. The van der Waals surface area contributed by atoms with Crippen LogP contribution in [0.25, 0.3) is 0 Å². The van der Waals surface area contributed by atoms with Gasteiger partial charge in [-0.3, -0.25) is 9.59 Å². The molecule has 0 saturated carbocycles. The molecule has 4 rings (SSSR count). The molecule has 3 aliphatic heterocycles.